The van der Waals surface area contributed by atoms with E-state index in [9.17, 15) is 0 Å². The number of furan rings is 1. The molecule has 0 atom stereocenters. The molecular formula is C46H28N4O. The van der Waals surface area contributed by atoms with E-state index in [0.29, 0.717) is 5.82 Å². The Kier molecular flexibility index (Phi) is 5.89. The molecule has 0 aliphatic carbocycles. The highest BCUT2D eigenvalue weighted by Gasteiger charge is 2.22. The van der Waals surface area contributed by atoms with Crippen molar-refractivity contribution in [3.63, 3.8) is 0 Å². The Labute approximate surface area is 292 Å². The van der Waals surface area contributed by atoms with Gasteiger partial charge >= 0.3 is 0 Å². The molecule has 0 spiro atoms. The van der Waals surface area contributed by atoms with Crippen molar-refractivity contribution < 1.29 is 4.42 Å². The molecule has 0 radical (unpaired) electrons. The molecule has 4 heterocycles. The fraction of sp³-hybridized carbons (Fsp3) is 0. The third-order valence-electron chi connectivity index (χ3n) is 10.1. The topological polar surface area (TPSA) is 48.8 Å². The molecule has 0 saturated carbocycles. The van der Waals surface area contributed by atoms with Crippen LogP contribution in [0, 0.1) is 0 Å². The van der Waals surface area contributed by atoms with Crippen LogP contribution in [0.15, 0.2) is 174 Å². The van der Waals surface area contributed by atoms with Crippen LogP contribution in [0.2, 0.25) is 0 Å². The van der Waals surface area contributed by atoms with Crippen molar-refractivity contribution in [3.8, 4) is 34.2 Å². The number of aromatic nitrogens is 4. The zero-order valence-corrected chi connectivity index (χ0v) is 27.4. The van der Waals surface area contributed by atoms with Crippen LogP contribution in [0.1, 0.15) is 0 Å². The highest BCUT2D eigenvalue weighted by Crippen LogP contribution is 2.42. The van der Waals surface area contributed by atoms with Gasteiger partial charge in [-0.15, -0.1) is 0 Å². The van der Waals surface area contributed by atoms with Gasteiger partial charge in [0.1, 0.15) is 17.0 Å². The zero-order valence-electron chi connectivity index (χ0n) is 27.4. The Balaban J connectivity index is 1.28. The van der Waals surface area contributed by atoms with Crippen LogP contribution in [0.5, 0.6) is 0 Å². The third kappa shape index (κ3) is 4.15. The molecule has 51 heavy (non-hydrogen) atoms. The average molecular weight is 653 g/mol. The molecule has 0 saturated heterocycles. The van der Waals surface area contributed by atoms with E-state index >= 15 is 0 Å². The van der Waals surface area contributed by atoms with Crippen LogP contribution < -0.4 is 0 Å². The lowest BCUT2D eigenvalue weighted by Gasteiger charge is -2.13. The van der Waals surface area contributed by atoms with E-state index < -0.39 is 0 Å². The third-order valence-corrected chi connectivity index (χ3v) is 10.1. The van der Waals surface area contributed by atoms with Crippen LogP contribution in [-0.2, 0) is 0 Å². The van der Waals surface area contributed by atoms with E-state index in [2.05, 4.69) is 143 Å². The van der Waals surface area contributed by atoms with Crippen molar-refractivity contribution in [2.24, 2.45) is 0 Å². The van der Waals surface area contributed by atoms with Crippen LogP contribution in [-0.4, -0.2) is 19.1 Å². The first-order chi connectivity index (χ1) is 25.3. The summed E-state index contributed by atoms with van der Waals surface area (Å²) in [6.45, 7) is 0. The molecule has 0 N–H and O–H groups in total. The lowest BCUT2D eigenvalue weighted by molar-refractivity contribution is 0.669. The maximum Gasteiger partial charge on any atom is 0.162 e. The van der Waals surface area contributed by atoms with Crippen molar-refractivity contribution in [2.75, 3.05) is 0 Å². The van der Waals surface area contributed by atoms with Crippen molar-refractivity contribution in [1.29, 1.82) is 0 Å². The Morgan fingerprint density at radius 1 is 0.412 bits per heavy atom. The molecule has 5 nitrogen and oxygen atoms in total. The summed E-state index contributed by atoms with van der Waals surface area (Å²) in [7, 11) is 0. The quantitative estimate of drug-likeness (QED) is 0.190. The van der Waals surface area contributed by atoms with Crippen molar-refractivity contribution in [1.82, 2.24) is 19.1 Å². The van der Waals surface area contributed by atoms with E-state index in [1.54, 1.807) is 0 Å². The van der Waals surface area contributed by atoms with E-state index in [1.165, 1.54) is 21.8 Å². The van der Waals surface area contributed by atoms with E-state index in [1.807, 2.05) is 36.4 Å². The molecule has 0 bridgehead atoms. The van der Waals surface area contributed by atoms with Crippen LogP contribution >= 0.6 is 0 Å². The standard InChI is InChI=1S/C46H28N4O/c1-3-13-29(14-4-1)37-28-43(48-46(47-37)30-15-5-2-6-16-30)50-40-25-23-31(49-38-20-10-7-17-32(38)33-18-8-11-21-39(33)49)27-36(40)34-24-26-42-44(45(34)50)35-19-9-12-22-41(35)51-42/h1-28H. The number of para-hydroxylation sites is 3. The fourth-order valence-electron chi connectivity index (χ4n) is 7.90. The minimum Gasteiger partial charge on any atom is -0.456 e. The van der Waals surface area contributed by atoms with E-state index in [0.717, 1.165) is 72.1 Å². The number of nitrogens with zero attached hydrogens (tertiary/aromatic N) is 4. The molecule has 0 fully saturated rings. The SMILES string of the molecule is c1ccc(-c2cc(-n3c4ccc(-n5c6ccccc6c6ccccc65)cc4c4ccc5oc6ccccc6c5c43)nc(-c3ccccc3)n2)cc1. The van der Waals surface area contributed by atoms with Crippen molar-refractivity contribution in [3.05, 3.63) is 170 Å². The first kappa shape index (κ1) is 27.9. The second kappa shape index (κ2) is 10.8. The largest absolute Gasteiger partial charge is 0.456 e. The van der Waals surface area contributed by atoms with Crippen molar-refractivity contribution >= 4 is 65.6 Å². The van der Waals surface area contributed by atoms with Gasteiger partial charge in [0.2, 0.25) is 0 Å². The highest BCUT2D eigenvalue weighted by atomic mass is 16.3. The highest BCUT2D eigenvalue weighted by molar-refractivity contribution is 6.24. The van der Waals surface area contributed by atoms with Gasteiger partial charge in [0.05, 0.1) is 33.1 Å². The Hall–Kier alpha value is -6.98. The van der Waals surface area contributed by atoms with E-state index in [-0.39, 0.29) is 0 Å². The number of hydrogen-bond donors (Lipinski definition) is 0. The van der Waals surface area contributed by atoms with Gasteiger partial charge in [0.15, 0.2) is 5.82 Å². The number of benzene rings is 7. The van der Waals surface area contributed by atoms with Gasteiger partial charge < -0.3 is 8.98 Å². The van der Waals surface area contributed by atoms with Crippen LogP contribution in [0.4, 0.5) is 0 Å². The lowest BCUT2D eigenvalue weighted by atomic mass is 10.1. The zero-order chi connectivity index (χ0) is 33.5. The summed E-state index contributed by atoms with van der Waals surface area (Å²) >= 11 is 0. The summed E-state index contributed by atoms with van der Waals surface area (Å²) in [5.41, 5.74) is 10.1. The summed E-state index contributed by atoms with van der Waals surface area (Å²) < 4.78 is 11.2. The average Bonchev–Trinajstić information content (AvgIpc) is 3.86. The fourth-order valence-corrected chi connectivity index (χ4v) is 7.90. The molecule has 0 unspecified atom stereocenters. The number of rotatable bonds is 4. The summed E-state index contributed by atoms with van der Waals surface area (Å²) in [5, 5.41) is 6.89. The van der Waals surface area contributed by atoms with Crippen LogP contribution in [0.3, 0.4) is 0 Å². The van der Waals surface area contributed by atoms with Gasteiger partial charge in [0.25, 0.3) is 0 Å². The Morgan fingerprint density at radius 3 is 1.78 bits per heavy atom. The van der Waals surface area contributed by atoms with Gasteiger partial charge in [-0.3, -0.25) is 4.57 Å². The molecule has 5 heteroatoms. The lowest BCUT2D eigenvalue weighted by Crippen LogP contribution is -2.03. The second-order valence-corrected chi connectivity index (χ2v) is 13.0. The van der Waals surface area contributed by atoms with Gasteiger partial charge in [-0.25, -0.2) is 9.97 Å². The molecule has 0 aliphatic heterocycles. The minimum atomic E-state index is 0.674. The maximum absolute atomic E-state index is 6.46. The Bertz CT molecular complexity index is 3020. The van der Waals surface area contributed by atoms with Crippen molar-refractivity contribution in [2.45, 2.75) is 0 Å². The van der Waals surface area contributed by atoms with Gasteiger partial charge in [-0.05, 0) is 48.5 Å². The maximum atomic E-state index is 6.46. The summed E-state index contributed by atoms with van der Waals surface area (Å²) in [4.78, 5) is 10.4. The molecule has 0 amide bonds. The Morgan fingerprint density at radius 2 is 1.04 bits per heavy atom. The molecule has 11 aromatic rings. The predicted molar refractivity (Wildman–Crippen MR) is 209 cm³/mol. The second-order valence-electron chi connectivity index (χ2n) is 13.0. The first-order valence-electron chi connectivity index (χ1n) is 17.2. The molecule has 238 valence electrons. The molecule has 7 aromatic carbocycles. The predicted octanol–water partition coefficient (Wildman–Crippen LogP) is 11.9. The first-order valence-corrected chi connectivity index (χ1v) is 17.2. The minimum absolute atomic E-state index is 0.674. The van der Waals surface area contributed by atoms with Crippen LogP contribution in [0.25, 0.3) is 99.7 Å². The molecule has 0 aliphatic rings. The monoisotopic (exact) mass is 652 g/mol. The molecule has 11 rings (SSSR count). The molecular weight excluding hydrogens is 625 g/mol. The normalized spacial score (nSPS) is 11.9. The summed E-state index contributed by atoms with van der Waals surface area (Å²) in [6, 6.07) is 59.4. The summed E-state index contributed by atoms with van der Waals surface area (Å²) in [6.07, 6.45) is 0. The number of fused-ring (bicyclic) bond motifs is 10. The molecule has 4 aromatic heterocycles. The van der Waals surface area contributed by atoms with Gasteiger partial charge in [-0.1, -0.05) is 115 Å². The van der Waals surface area contributed by atoms with Gasteiger partial charge in [-0.2, -0.15) is 0 Å². The smallest absolute Gasteiger partial charge is 0.162 e. The van der Waals surface area contributed by atoms with Gasteiger partial charge in [0, 0.05) is 49.8 Å². The number of hydrogen-bond acceptors (Lipinski definition) is 3. The van der Waals surface area contributed by atoms with E-state index in [4.69, 9.17) is 14.4 Å². The summed E-state index contributed by atoms with van der Waals surface area (Å²) in [5.74, 6) is 1.47.